The normalized spacial score (nSPS) is 10.2. The molecule has 0 aliphatic heterocycles. The van der Waals surface area contributed by atoms with Crippen molar-refractivity contribution in [2.24, 2.45) is 0 Å². The molecule has 0 aliphatic carbocycles. The van der Waals surface area contributed by atoms with Gasteiger partial charge in [0.1, 0.15) is 5.75 Å². The first kappa shape index (κ1) is 11.2. The van der Waals surface area contributed by atoms with Crippen LogP contribution in [0.1, 0.15) is 10.4 Å². The summed E-state index contributed by atoms with van der Waals surface area (Å²) in [6.07, 6.45) is 0. The summed E-state index contributed by atoms with van der Waals surface area (Å²) in [5.41, 5.74) is 0.224. The molecule has 1 aromatic rings. The lowest BCUT2D eigenvalue weighted by molar-refractivity contribution is 0.0736. The molecule has 6 heteroatoms. The molecule has 3 nitrogen and oxygen atoms in total. The molecule has 70 valence electrons. The fraction of sp³-hybridized carbons (Fsp3) is 0.125. The van der Waals surface area contributed by atoms with E-state index in [0.29, 0.717) is 8.55 Å². The van der Waals surface area contributed by atoms with Crippen LogP contribution in [0.4, 0.5) is 0 Å². The standard InChI is InChI=1S/C8H8O3Si3/c1-14(13-12)11-8(10)6-4-2-3-5-7(6)9/h2-5,9H,1H3. The predicted molar refractivity (Wildman–Crippen MR) is 56.6 cm³/mol. The van der Waals surface area contributed by atoms with E-state index in [1.807, 2.05) is 6.55 Å². The summed E-state index contributed by atoms with van der Waals surface area (Å²) in [6.45, 7) is 1.88. The van der Waals surface area contributed by atoms with Gasteiger partial charge in [-0.3, -0.25) is 0 Å². The zero-order valence-corrected chi connectivity index (χ0v) is 10.6. The van der Waals surface area contributed by atoms with E-state index in [1.54, 1.807) is 18.2 Å². The van der Waals surface area contributed by atoms with Gasteiger partial charge in [-0.15, -0.1) is 0 Å². The van der Waals surface area contributed by atoms with Gasteiger partial charge in [0.15, 0.2) is 0 Å². The summed E-state index contributed by atoms with van der Waals surface area (Å²) in [4.78, 5) is 11.5. The number of phenolic OH excluding ortho intramolecular Hbond substituents is 1. The highest BCUT2D eigenvalue weighted by Gasteiger charge is 2.15. The summed E-state index contributed by atoms with van der Waals surface area (Å²) in [7, 11) is 2.65. The van der Waals surface area contributed by atoms with Crippen molar-refractivity contribution in [3.8, 4) is 5.75 Å². The van der Waals surface area contributed by atoms with E-state index in [-0.39, 0.29) is 11.3 Å². The molecular formula is C8H8O3Si3. The summed E-state index contributed by atoms with van der Waals surface area (Å²) in [6, 6.07) is 6.36. The second-order valence-corrected chi connectivity index (χ2v) is 9.27. The second-order valence-electron chi connectivity index (χ2n) is 2.59. The van der Waals surface area contributed by atoms with Crippen molar-refractivity contribution in [1.29, 1.82) is 0 Å². The van der Waals surface area contributed by atoms with Crippen molar-refractivity contribution >= 4 is 32.8 Å². The number of rotatable bonds is 3. The number of para-hydroxylation sites is 1. The van der Waals surface area contributed by atoms with Crippen LogP contribution in [0.15, 0.2) is 24.3 Å². The fourth-order valence-electron chi connectivity index (χ4n) is 0.866. The van der Waals surface area contributed by atoms with Crippen molar-refractivity contribution in [1.82, 2.24) is 0 Å². The Kier molecular flexibility index (Phi) is 4.11. The molecule has 1 N–H and O–H groups in total. The van der Waals surface area contributed by atoms with Crippen LogP contribution < -0.4 is 0 Å². The van der Waals surface area contributed by atoms with Crippen LogP contribution in [0.2, 0.25) is 6.55 Å². The van der Waals surface area contributed by atoms with Gasteiger partial charge >= 0.3 is 5.97 Å². The highest BCUT2D eigenvalue weighted by atomic mass is 29.5. The van der Waals surface area contributed by atoms with Crippen LogP contribution in [0.25, 0.3) is 0 Å². The Morgan fingerprint density at radius 1 is 1.57 bits per heavy atom. The zero-order chi connectivity index (χ0) is 10.6. The Balaban J connectivity index is 2.75. The molecule has 0 fully saturated rings. The minimum absolute atomic E-state index is 0.0374. The third kappa shape index (κ3) is 2.82. The summed E-state index contributed by atoms with van der Waals surface area (Å²) < 4.78 is 5.13. The molecular weight excluding hydrogens is 228 g/mol. The maximum absolute atomic E-state index is 11.5. The highest BCUT2D eigenvalue weighted by Crippen LogP contribution is 2.16. The molecule has 14 heavy (non-hydrogen) atoms. The van der Waals surface area contributed by atoms with E-state index in [9.17, 15) is 9.90 Å². The lowest BCUT2D eigenvalue weighted by atomic mass is 10.2. The molecule has 0 heterocycles. The zero-order valence-electron chi connectivity index (χ0n) is 7.57. The minimum atomic E-state index is -1.11. The summed E-state index contributed by atoms with van der Waals surface area (Å²) >= 11 is 0. The van der Waals surface area contributed by atoms with Crippen molar-refractivity contribution < 1.29 is 14.3 Å². The topological polar surface area (TPSA) is 46.5 Å². The van der Waals surface area contributed by atoms with Crippen molar-refractivity contribution in [3.63, 3.8) is 0 Å². The van der Waals surface area contributed by atoms with Crippen molar-refractivity contribution in [3.05, 3.63) is 29.8 Å². The average Bonchev–Trinajstić information content (AvgIpc) is 2.18. The molecule has 0 saturated carbocycles. The monoisotopic (exact) mass is 236 g/mol. The number of carbonyl (C=O) groups is 1. The lowest BCUT2D eigenvalue weighted by Gasteiger charge is -2.09. The van der Waals surface area contributed by atoms with Crippen molar-refractivity contribution in [2.75, 3.05) is 0 Å². The Morgan fingerprint density at radius 2 is 2.21 bits per heavy atom. The Morgan fingerprint density at radius 3 is 2.79 bits per heavy atom. The van der Waals surface area contributed by atoms with Gasteiger partial charge in [0.2, 0.25) is 0 Å². The lowest BCUT2D eigenvalue weighted by Crippen LogP contribution is -2.26. The first-order chi connectivity index (χ1) is 6.65. The maximum atomic E-state index is 11.5. The van der Waals surface area contributed by atoms with Crippen LogP contribution in [0.5, 0.6) is 5.75 Å². The molecule has 1 rings (SSSR count). The third-order valence-corrected chi connectivity index (χ3v) is 6.92. The Hall–Kier alpha value is -0.859. The molecule has 6 radical (unpaired) electrons. The molecule has 0 aromatic heterocycles. The Labute approximate surface area is 89.7 Å². The van der Waals surface area contributed by atoms with Crippen LogP contribution in [-0.4, -0.2) is 37.9 Å². The number of hydrogen-bond donors (Lipinski definition) is 1. The highest BCUT2D eigenvalue weighted by molar-refractivity contribution is 7.29. The number of hydrogen-bond acceptors (Lipinski definition) is 3. The number of aromatic hydroxyl groups is 1. The van der Waals surface area contributed by atoms with E-state index in [1.165, 1.54) is 6.07 Å². The molecule has 0 atom stereocenters. The third-order valence-electron chi connectivity index (χ3n) is 1.55. The largest absolute Gasteiger partial charge is 0.518 e. The van der Waals surface area contributed by atoms with Gasteiger partial charge in [-0.05, 0) is 18.7 Å². The molecule has 0 bridgehead atoms. The van der Waals surface area contributed by atoms with Gasteiger partial charge in [0.05, 0.1) is 14.1 Å². The van der Waals surface area contributed by atoms with Gasteiger partial charge in [0, 0.05) is 9.76 Å². The average molecular weight is 236 g/mol. The quantitative estimate of drug-likeness (QED) is 0.775. The number of carbonyl (C=O) groups excluding carboxylic acids is 1. The molecule has 0 aliphatic rings. The van der Waals surface area contributed by atoms with E-state index in [4.69, 9.17) is 4.43 Å². The molecule has 0 saturated heterocycles. The van der Waals surface area contributed by atoms with E-state index in [2.05, 4.69) is 9.76 Å². The second kappa shape index (κ2) is 5.13. The maximum Gasteiger partial charge on any atom is 0.328 e. The van der Waals surface area contributed by atoms with Gasteiger partial charge in [-0.1, -0.05) is 12.1 Å². The molecule has 0 amide bonds. The molecule has 0 spiro atoms. The van der Waals surface area contributed by atoms with Crippen LogP contribution in [-0.2, 0) is 4.43 Å². The van der Waals surface area contributed by atoms with Crippen LogP contribution >= 0.6 is 0 Å². The minimum Gasteiger partial charge on any atom is -0.518 e. The number of phenols is 1. The summed E-state index contributed by atoms with van der Waals surface area (Å²) in [5, 5.41) is 9.37. The number of benzene rings is 1. The predicted octanol–water partition coefficient (Wildman–Crippen LogP) is 0.455. The van der Waals surface area contributed by atoms with Crippen LogP contribution in [0.3, 0.4) is 0 Å². The fourth-order valence-corrected chi connectivity index (χ4v) is 2.20. The first-order valence-corrected chi connectivity index (χ1v) is 9.32. The molecule has 1 aromatic carbocycles. The Bertz CT molecular complexity index is 329. The van der Waals surface area contributed by atoms with E-state index in [0.717, 1.165) is 0 Å². The SMILES string of the molecule is C[Si](OC(=O)c1ccccc1O)[Si][Si]. The van der Waals surface area contributed by atoms with E-state index < -0.39 is 14.5 Å². The molecule has 0 unspecified atom stereocenters. The summed E-state index contributed by atoms with van der Waals surface area (Å²) in [5.74, 6) is -0.491. The van der Waals surface area contributed by atoms with Gasteiger partial charge < -0.3 is 9.53 Å². The van der Waals surface area contributed by atoms with Crippen LogP contribution in [0, 0.1) is 0 Å². The van der Waals surface area contributed by atoms with Crippen molar-refractivity contribution in [2.45, 2.75) is 6.55 Å². The first-order valence-electron chi connectivity index (χ1n) is 3.91. The van der Waals surface area contributed by atoms with E-state index >= 15 is 0 Å². The van der Waals surface area contributed by atoms with Gasteiger partial charge in [0.25, 0.3) is 8.56 Å². The van der Waals surface area contributed by atoms with Gasteiger partial charge in [-0.25, -0.2) is 4.79 Å². The van der Waals surface area contributed by atoms with Gasteiger partial charge in [-0.2, -0.15) is 0 Å². The smallest absolute Gasteiger partial charge is 0.328 e.